The Labute approximate surface area is 313 Å². The van der Waals surface area contributed by atoms with Crippen molar-refractivity contribution in [2.45, 2.75) is 212 Å². The Balaban J connectivity index is 2.21. The largest absolute Gasteiger partial charge is 0.436 e. The predicted octanol–water partition coefficient (Wildman–Crippen LogP) is 15.7. The molecular formula is C44H75O2PS2. The van der Waals surface area contributed by atoms with E-state index in [4.69, 9.17) is 16.3 Å². The van der Waals surface area contributed by atoms with Gasteiger partial charge in [-0.05, 0) is 109 Å². The lowest BCUT2D eigenvalue weighted by Crippen LogP contribution is -2.02. The Morgan fingerprint density at radius 3 is 1.33 bits per heavy atom. The SMILES string of the molecule is CCCCCCCCc1cccc(OP(O)(=S)Sc2cccc(CCCCCCCC)c2CCCCCCCC)c1CCCCCCCC. The summed E-state index contributed by atoms with van der Waals surface area (Å²) < 4.78 is 6.58. The summed E-state index contributed by atoms with van der Waals surface area (Å²) in [5.41, 5.74) is 2.37. The minimum atomic E-state index is -3.18. The fourth-order valence-corrected chi connectivity index (χ4v) is 10.8. The molecule has 0 aliphatic heterocycles. The maximum Gasteiger partial charge on any atom is 0.299 e. The van der Waals surface area contributed by atoms with Crippen molar-refractivity contribution in [1.29, 1.82) is 0 Å². The van der Waals surface area contributed by atoms with Gasteiger partial charge in [-0.3, -0.25) is 0 Å². The summed E-state index contributed by atoms with van der Waals surface area (Å²) in [6.07, 6.45) is 35.3. The normalized spacial score (nSPS) is 12.8. The minimum Gasteiger partial charge on any atom is -0.436 e. The summed E-state index contributed by atoms with van der Waals surface area (Å²) in [6.45, 7) is 9.13. The van der Waals surface area contributed by atoms with Crippen LogP contribution in [0.15, 0.2) is 41.3 Å². The molecule has 2 aromatic carbocycles. The molecule has 0 spiro atoms. The molecule has 2 rings (SSSR count). The first-order valence-electron chi connectivity index (χ1n) is 20.9. The highest BCUT2D eigenvalue weighted by molar-refractivity contribution is 8.67. The van der Waals surface area contributed by atoms with E-state index in [0.29, 0.717) is 0 Å². The molecule has 280 valence electrons. The first-order valence-corrected chi connectivity index (χ1v) is 25.0. The lowest BCUT2D eigenvalue weighted by molar-refractivity contribution is 0.497. The van der Waals surface area contributed by atoms with E-state index in [0.717, 1.165) is 42.7 Å². The molecule has 1 atom stereocenters. The van der Waals surface area contributed by atoms with Crippen molar-refractivity contribution in [3.8, 4) is 5.75 Å². The summed E-state index contributed by atoms with van der Waals surface area (Å²) in [6, 6.07) is 13.2. The maximum atomic E-state index is 11.8. The Hall–Kier alpha value is -0.800. The van der Waals surface area contributed by atoms with E-state index in [1.54, 1.807) is 0 Å². The highest BCUT2D eigenvalue weighted by Gasteiger charge is 2.23. The molecule has 0 saturated carbocycles. The molecule has 0 heterocycles. The van der Waals surface area contributed by atoms with Crippen LogP contribution in [0.3, 0.4) is 0 Å². The molecule has 0 aliphatic carbocycles. The summed E-state index contributed by atoms with van der Waals surface area (Å²) in [5.74, 6) is 0.830. The first-order chi connectivity index (χ1) is 24.0. The number of benzene rings is 2. The van der Waals surface area contributed by atoms with Crippen LogP contribution < -0.4 is 4.52 Å². The van der Waals surface area contributed by atoms with E-state index in [1.807, 2.05) is 0 Å². The van der Waals surface area contributed by atoms with E-state index in [2.05, 4.69) is 64.1 Å². The van der Waals surface area contributed by atoms with Crippen molar-refractivity contribution in [1.82, 2.24) is 0 Å². The first kappa shape index (κ1) is 44.4. The molecule has 0 fully saturated rings. The average Bonchev–Trinajstić information content (AvgIpc) is 3.08. The van der Waals surface area contributed by atoms with Gasteiger partial charge >= 0.3 is 0 Å². The second-order valence-electron chi connectivity index (χ2n) is 14.5. The maximum absolute atomic E-state index is 11.8. The summed E-state index contributed by atoms with van der Waals surface area (Å²) >= 11 is 7.42. The van der Waals surface area contributed by atoms with Gasteiger partial charge in [0.2, 0.25) is 0 Å². The van der Waals surface area contributed by atoms with Crippen LogP contribution in [0, 0.1) is 0 Å². The van der Waals surface area contributed by atoms with Crippen LogP contribution in [-0.2, 0) is 37.5 Å². The average molecular weight is 731 g/mol. The Morgan fingerprint density at radius 2 is 0.857 bits per heavy atom. The lowest BCUT2D eigenvalue weighted by atomic mass is 9.95. The van der Waals surface area contributed by atoms with Gasteiger partial charge in [-0.15, -0.1) is 0 Å². The number of hydrogen-bond acceptors (Lipinski definition) is 3. The third-order valence-electron chi connectivity index (χ3n) is 10.0. The zero-order valence-corrected chi connectivity index (χ0v) is 34.9. The highest BCUT2D eigenvalue weighted by Crippen LogP contribution is 2.60. The van der Waals surface area contributed by atoms with Gasteiger partial charge in [0.25, 0.3) is 5.69 Å². The van der Waals surface area contributed by atoms with Gasteiger partial charge in [0, 0.05) is 4.90 Å². The third kappa shape index (κ3) is 20.1. The number of aryl methyl sites for hydroxylation is 2. The van der Waals surface area contributed by atoms with Crippen molar-refractivity contribution in [2.75, 3.05) is 0 Å². The second-order valence-corrected chi connectivity index (χ2v) is 20.5. The van der Waals surface area contributed by atoms with Crippen molar-refractivity contribution in [2.24, 2.45) is 0 Å². The molecule has 2 aromatic rings. The van der Waals surface area contributed by atoms with Crippen LogP contribution in [0.25, 0.3) is 0 Å². The van der Waals surface area contributed by atoms with Gasteiger partial charge in [-0.25, -0.2) is 0 Å². The monoisotopic (exact) mass is 730 g/mol. The summed E-state index contributed by atoms with van der Waals surface area (Å²) in [4.78, 5) is 13.0. The van der Waals surface area contributed by atoms with E-state index in [-0.39, 0.29) is 0 Å². The van der Waals surface area contributed by atoms with Crippen LogP contribution in [-0.4, -0.2) is 4.89 Å². The van der Waals surface area contributed by atoms with Gasteiger partial charge in [0.1, 0.15) is 5.75 Å². The van der Waals surface area contributed by atoms with Gasteiger partial charge in [0.05, 0.1) is 0 Å². The topological polar surface area (TPSA) is 29.5 Å². The molecule has 2 nitrogen and oxygen atoms in total. The number of hydrogen-bond donors (Lipinski definition) is 1. The van der Waals surface area contributed by atoms with E-state index in [9.17, 15) is 4.89 Å². The third-order valence-corrected chi connectivity index (χ3v) is 13.7. The van der Waals surface area contributed by atoms with Crippen LogP contribution in [0.4, 0.5) is 0 Å². The second kappa shape index (κ2) is 28.7. The van der Waals surface area contributed by atoms with Gasteiger partial charge in [0.15, 0.2) is 0 Å². The molecule has 0 saturated heterocycles. The fraction of sp³-hybridized carbons (Fsp3) is 0.727. The Kier molecular flexibility index (Phi) is 26.0. The van der Waals surface area contributed by atoms with Crippen LogP contribution >= 0.6 is 17.1 Å². The van der Waals surface area contributed by atoms with Crippen molar-refractivity contribution < 1.29 is 9.42 Å². The van der Waals surface area contributed by atoms with Crippen LogP contribution in [0.5, 0.6) is 5.75 Å². The molecule has 0 amide bonds. The molecule has 1 N–H and O–H groups in total. The molecular weight excluding hydrogens is 656 g/mol. The molecule has 5 heteroatoms. The molecule has 0 radical (unpaired) electrons. The lowest BCUT2D eigenvalue weighted by Gasteiger charge is -2.22. The van der Waals surface area contributed by atoms with Gasteiger partial charge < -0.3 is 9.42 Å². The van der Waals surface area contributed by atoms with E-state index < -0.39 is 5.69 Å². The van der Waals surface area contributed by atoms with Gasteiger partial charge in [-0.1, -0.05) is 180 Å². The minimum absolute atomic E-state index is 0.830. The van der Waals surface area contributed by atoms with Crippen molar-refractivity contribution >= 4 is 28.9 Å². The molecule has 49 heavy (non-hydrogen) atoms. The Bertz CT molecular complexity index is 1060. The standard InChI is InChI=1S/C44H75O2PS2/c1-5-9-13-17-21-25-31-39-33-29-37-43(41(39)35-27-23-19-15-11-7-3)46-47(45,48)49-44-38-30-34-40(32-26-22-18-14-10-6-2)42(44)36-28-24-20-16-12-8-4/h29-30,33-34,37-38H,5-28,31-32,35-36H2,1-4H3,(H,45,48). The smallest absolute Gasteiger partial charge is 0.299 e. The number of unbranched alkanes of at least 4 members (excludes halogenated alkanes) is 20. The Morgan fingerprint density at radius 1 is 0.490 bits per heavy atom. The fourth-order valence-electron chi connectivity index (χ4n) is 7.05. The van der Waals surface area contributed by atoms with E-state index in [1.165, 1.54) is 181 Å². The predicted molar refractivity (Wildman–Crippen MR) is 224 cm³/mol. The van der Waals surface area contributed by atoms with Gasteiger partial charge in [-0.2, -0.15) is 0 Å². The molecule has 0 aliphatic rings. The van der Waals surface area contributed by atoms with Crippen LogP contribution in [0.2, 0.25) is 0 Å². The highest BCUT2D eigenvalue weighted by atomic mass is 32.9. The quantitative estimate of drug-likeness (QED) is 0.0599. The molecule has 1 unspecified atom stereocenters. The molecule has 0 bridgehead atoms. The molecule has 0 aromatic heterocycles. The van der Waals surface area contributed by atoms with Crippen molar-refractivity contribution in [3.63, 3.8) is 0 Å². The number of rotatable bonds is 32. The summed E-state index contributed by atoms with van der Waals surface area (Å²) in [7, 11) is 0. The van der Waals surface area contributed by atoms with E-state index >= 15 is 0 Å². The summed E-state index contributed by atoms with van der Waals surface area (Å²) in [5, 5.41) is 0. The van der Waals surface area contributed by atoms with Crippen LogP contribution in [0.1, 0.15) is 204 Å². The van der Waals surface area contributed by atoms with Crippen molar-refractivity contribution in [3.05, 3.63) is 58.7 Å². The zero-order chi connectivity index (χ0) is 35.4. The zero-order valence-electron chi connectivity index (χ0n) is 32.4.